The van der Waals surface area contributed by atoms with E-state index in [0.29, 0.717) is 0 Å². The second kappa shape index (κ2) is 10.1. The summed E-state index contributed by atoms with van der Waals surface area (Å²) >= 11 is 5.96. The molecule has 0 saturated carbocycles. The normalized spacial score (nSPS) is 12.6. The molecule has 1 aromatic carbocycles. The number of amides is 1. The van der Waals surface area contributed by atoms with Gasteiger partial charge in [0.2, 0.25) is 15.9 Å². The highest BCUT2D eigenvalue weighted by atomic mass is 35.5. The van der Waals surface area contributed by atoms with E-state index in [-0.39, 0.29) is 46.9 Å². The number of carbonyl (C=O) groups is 2. The molecule has 0 aliphatic rings. The highest BCUT2D eigenvalue weighted by molar-refractivity contribution is 7.89. The predicted octanol–water partition coefficient (Wildman–Crippen LogP) is 1.75. The van der Waals surface area contributed by atoms with Gasteiger partial charge in [0.15, 0.2) is 0 Å². The van der Waals surface area contributed by atoms with Gasteiger partial charge in [0.25, 0.3) is 0 Å². The second-order valence-electron chi connectivity index (χ2n) is 5.72. The molecule has 1 unspecified atom stereocenters. The first-order valence-corrected chi connectivity index (χ1v) is 9.23. The fourth-order valence-electron chi connectivity index (χ4n) is 1.89. The number of halogens is 2. The van der Waals surface area contributed by atoms with Crippen LogP contribution in [-0.4, -0.2) is 68.3 Å². The molecule has 11 heteroatoms. The summed E-state index contributed by atoms with van der Waals surface area (Å²) in [4.78, 5) is 24.4. The lowest BCUT2D eigenvalue weighted by atomic mass is 10.2. The fourth-order valence-corrected chi connectivity index (χ4v) is 3.28. The minimum Gasteiger partial charge on any atom is -0.481 e. The van der Waals surface area contributed by atoms with Crippen molar-refractivity contribution >= 4 is 51.6 Å². The van der Waals surface area contributed by atoms with Gasteiger partial charge in [-0.05, 0) is 32.2 Å². The first-order chi connectivity index (χ1) is 11.5. The van der Waals surface area contributed by atoms with Gasteiger partial charge in [-0.15, -0.1) is 12.4 Å². The Morgan fingerprint density at radius 2 is 1.85 bits per heavy atom. The van der Waals surface area contributed by atoms with Crippen LogP contribution in [0.25, 0.3) is 0 Å². The van der Waals surface area contributed by atoms with Crippen molar-refractivity contribution in [3.05, 3.63) is 23.2 Å². The van der Waals surface area contributed by atoms with E-state index in [1.807, 2.05) is 0 Å². The standard InChI is InChI=1S/C15H22ClN3O5S.ClH/c1-10(19(4)8-7-14(20)21)15(22)17-11-5-6-12(16)13(9-11)25(23,24)18(2)3;/h5-6,9-10H,7-8H2,1-4H3,(H,17,22)(H,20,21);1H. The highest BCUT2D eigenvalue weighted by Crippen LogP contribution is 2.27. The molecule has 0 aliphatic heterocycles. The van der Waals surface area contributed by atoms with Gasteiger partial charge in [0.05, 0.1) is 17.5 Å². The molecule has 0 aliphatic carbocycles. The smallest absolute Gasteiger partial charge is 0.304 e. The number of carboxylic acid groups (broad SMARTS) is 1. The van der Waals surface area contributed by atoms with Crippen molar-refractivity contribution in [2.75, 3.05) is 33.0 Å². The summed E-state index contributed by atoms with van der Waals surface area (Å²) in [5, 5.41) is 11.4. The van der Waals surface area contributed by atoms with E-state index in [4.69, 9.17) is 16.7 Å². The lowest BCUT2D eigenvalue weighted by molar-refractivity contribution is -0.137. The third kappa shape index (κ3) is 6.40. The number of rotatable bonds is 8. The molecular weight excluding hydrogens is 405 g/mol. The summed E-state index contributed by atoms with van der Waals surface area (Å²) in [5.74, 6) is -1.33. The fraction of sp³-hybridized carbons (Fsp3) is 0.467. The molecule has 1 aromatic rings. The summed E-state index contributed by atoms with van der Waals surface area (Å²) in [6, 6.07) is 3.59. The number of sulfonamides is 1. The molecule has 0 aromatic heterocycles. The van der Waals surface area contributed by atoms with Crippen molar-refractivity contribution < 1.29 is 23.1 Å². The quantitative estimate of drug-likeness (QED) is 0.654. The minimum atomic E-state index is -3.75. The Balaban J connectivity index is 0.00000625. The average Bonchev–Trinajstić information content (AvgIpc) is 2.53. The van der Waals surface area contributed by atoms with Crippen LogP contribution in [0, 0.1) is 0 Å². The first-order valence-electron chi connectivity index (χ1n) is 7.41. The molecule has 0 saturated heterocycles. The molecular formula is C15H23Cl2N3O5S. The van der Waals surface area contributed by atoms with E-state index >= 15 is 0 Å². The Bertz CT molecular complexity index is 756. The van der Waals surface area contributed by atoms with Gasteiger partial charge in [0.1, 0.15) is 4.90 Å². The molecule has 0 heterocycles. The van der Waals surface area contributed by atoms with E-state index in [9.17, 15) is 18.0 Å². The van der Waals surface area contributed by atoms with E-state index in [2.05, 4.69) is 5.32 Å². The number of hydrogen-bond donors (Lipinski definition) is 2. The number of carboxylic acids is 1. The lowest BCUT2D eigenvalue weighted by Crippen LogP contribution is -2.40. The molecule has 8 nitrogen and oxygen atoms in total. The summed E-state index contributed by atoms with van der Waals surface area (Å²) in [7, 11) is 0.660. The zero-order valence-corrected chi connectivity index (χ0v) is 17.3. The number of nitrogens with one attached hydrogen (secondary N) is 1. The number of anilines is 1. The van der Waals surface area contributed by atoms with E-state index in [1.54, 1.807) is 18.9 Å². The van der Waals surface area contributed by atoms with E-state index in [0.717, 1.165) is 4.31 Å². The summed E-state index contributed by atoms with van der Waals surface area (Å²) in [6.45, 7) is 1.84. The Hall–Kier alpha value is -1.39. The molecule has 148 valence electrons. The van der Waals surface area contributed by atoms with Crippen LogP contribution < -0.4 is 5.32 Å². The SMILES string of the molecule is CC(C(=O)Nc1ccc(Cl)c(S(=O)(=O)N(C)C)c1)N(C)CCC(=O)O.Cl. The lowest BCUT2D eigenvalue weighted by Gasteiger charge is -2.23. The number of benzene rings is 1. The van der Waals surface area contributed by atoms with Crippen LogP contribution in [0.1, 0.15) is 13.3 Å². The van der Waals surface area contributed by atoms with Crippen LogP contribution in [0.3, 0.4) is 0 Å². The Kier molecular flexibility index (Phi) is 9.54. The molecule has 1 atom stereocenters. The van der Waals surface area contributed by atoms with Gasteiger partial charge in [-0.3, -0.25) is 14.5 Å². The first kappa shape index (κ1) is 24.6. The second-order valence-corrected chi connectivity index (χ2v) is 8.25. The number of likely N-dealkylation sites (N-methyl/N-ethyl adjacent to an activating group) is 1. The van der Waals surface area contributed by atoms with Gasteiger partial charge in [-0.1, -0.05) is 11.6 Å². The molecule has 26 heavy (non-hydrogen) atoms. The number of carbonyl (C=O) groups excluding carboxylic acids is 1. The molecule has 0 bridgehead atoms. The largest absolute Gasteiger partial charge is 0.481 e. The van der Waals surface area contributed by atoms with Crippen LogP contribution in [0.5, 0.6) is 0 Å². The molecule has 0 spiro atoms. The maximum absolute atomic E-state index is 12.3. The monoisotopic (exact) mass is 427 g/mol. The maximum Gasteiger partial charge on any atom is 0.304 e. The zero-order chi connectivity index (χ0) is 19.4. The van der Waals surface area contributed by atoms with Crippen molar-refractivity contribution in [1.29, 1.82) is 0 Å². The van der Waals surface area contributed by atoms with Gasteiger partial charge in [0, 0.05) is 26.3 Å². The van der Waals surface area contributed by atoms with Crippen LogP contribution in [-0.2, 0) is 19.6 Å². The van der Waals surface area contributed by atoms with Crippen LogP contribution in [0.4, 0.5) is 5.69 Å². The van der Waals surface area contributed by atoms with Gasteiger partial charge in [-0.25, -0.2) is 12.7 Å². The van der Waals surface area contributed by atoms with E-state index < -0.39 is 22.0 Å². The van der Waals surface area contributed by atoms with Crippen molar-refractivity contribution in [1.82, 2.24) is 9.21 Å². The van der Waals surface area contributed by atoms with Crippen molar-refractivity contribution in [2.24, 2.45) is 0 Å². The van der Waals surface area contributed by atoms with Crippen LogP contribution in [0.2, 0.25) is 5.02 Å². The third-order valence-electron chi connectivity index (χ3n) is 3.68. The molecule has 2 N–H and O–H groups in total. The topological polar surface area (TPSA) is 107 Å². The van der Waals surface area contributed by atoms with Crippen LogP contribution >= 0.6 is 24.0 Å². The van der Waals surface area contributed by atoms with Gasteiger partial charge >= 0.3 is 5.97 Å². The van der Waals surface area contributed by atoms with Gasteiger partial charge < -0.3 is 10.4 Å². The summed E-state index contributed by atoms with van der Waals surface area (Å²) < 4.78 is 25.5. The molecule has 1 rings (SSSR count). The Morgan fingerprint density at radius 1 is 1.27 bits per heavy atom. The van der Waals surface area contributed by atoms with Crippen molar-refractivity contribution in [2.45, 2.75) is 24.3 Å². The maximum atomic E-state index is 12.3. The Labute approximate surface area is 164 Å². The summed E-state index contributed by atoms with van der Waals surface area (Å²) in [5.41, 5.74) is 0.285. The van der Waals surface area contributed by atoms with Crippen molar-refractivity contribution in [3.63, 3.8) is 0 Å². The number of nitrogens with zero attached hydrogens (tertiary/aromatic N) is 2. The molecule has 0 fully saturated rings. The Morgan fingerprint density at radius 3 is 2.35 bits per heavy atom. The van der Waals surface area contributed by atoms with Crippen LogP contribution in [0.15, 0.2) is 23.1 Å². The van der Waals surface area contributed by atoms with E-state index in [1.165, 1.54) is 32.3 Å². The van der Waals surface area contributed by atoms with Crippen molar-refractivity contribution in [3.8, 4) is 0 Å². The minimum absolute atomic E-state index is 0. The summed E-state index contributed by atoms with van der Waals surface area (Å²) in [6.07, 6.45) is -0.0830. The molecule has 0 radical (unpaired) electrons. The highest BCUT2D eigenvalue weighted by Gasteiger charge is 2.23. The zero-order valence-electron chi connectivity index (χ0n) is 14.9. The number of aliphatic carboxylic acids is 1. The molecule has 1 amide bonds. The third-order valence-corrected chi connectivity index (χ3v) is 5.97. The average molecular weight is 428 g/mol. The predicted molar refractivity (Wildman–Crippen MR) is 103 cm³/mol. The number of hydrogen-bond acceptors (Lipinski definition) is 5. The van der Waals surface area contributed by atoms with Gasteiger partial charge in [-0.2, -0.15) is 0 Å².